The third-order valence-electron chi connectivity index (χ3n) is 4.50. The van der Waals surface area contributed by atoms with E-state index in [9.17, 15) is 17.2 Å². The highest BCUT2D eigenvalue weighted by Gasteiger charge is 2.33. The van der Waals surface area contributed by atoms with Gasteiger partial charge in [0.1, 0.15) is 17.3 Å². The zero-order valence-corrected chi connectivity index (χ0v) is 15.4. The molecule has 10 heteroatoms. The van der Waals surface area contributed by atoms with E-state index in [0.717, 1.165) is 22.5 Å². The monoisotopic (exact) mass is 406 g/mol. The third kappa shape index (κ3) is 3.36. The Kier molecular flexibility index (Phi) is 4.82. The van der Waals surface area contributed by atoms with Crippen LogP contribution < -0.4 is 4.90 Å². The molecule has 0 spiro atoms. The molecular weight excluding hydrogens is 390 g/mol. The number of piperazine rings is 1. The van der Waals surface area contributed by atoms with E-state index in [1.54, 1.807) is 30.5 Å². The Bertz CT molecular complexity index is 1040. The Hall–Kier alpha value is -2.85. The van der Waals surface area contributed by atoms with Crippen molar-refractivity contribution in [3.05, 3.63) is 60.4 Å². The maximum absolute atomic E-state index is 13.9. The van der Waals surface area contributed by atoms with E-state index in [1.807, 2.05) is 4.90 Å². The number of nitrogens with zero attached hydrogens (tertiary/aromatic N) is 4. The Morgan fingerprint density at radius 1 is 0.893 bits per heavy atom. The quantitative estimate of drug-likeness (QED) is 0.663. The summed E-state index contributed by atoms with van der Waals surface area (Å²) < 4.78 is 59.4. The van der Waals surface area contributed by atoms with Crippen molar-refractivity contribution in [3.8, 4) is 11.5 Å². The number of sulfonamides is 1. The number of anilines is 1. The highest BCUT2D eigenvalue weighted by molar-refractivity contribution is 7.89. The van der Waals surface area contributed by atoms with Gasteiger partial charge in [-0.3, -0.25) is 0 Å². The van der Waals surface area contributed by atoms with Gasteiger partial charge in [0.05, 0.1) is 6.26 Å². The molecule has 0 radical (unpaired) electrons. The van der Waals surface area contributed by atoms with Crippen molar-refractivity contribution in [3.63, 3.8) is 0 Å². The van der Waals surface area contributed by atoms with Gasteiger partial charge in [-0.15, -0.1) is 10.2 Å². The molecule has 4 rings (SSSR count). The van der Waals surface area contributed by atoms with Crippen molar-refractivity contribution in [1.82, 2.24) is 14.5 Å². The summed E-state index contributed by atoms with van der Waals surface area (Å²) in [6, 6.07) is 10.1. The Balaban J connectivity index is 1.47. The van der Waals surface area contributed by atoms with E-state index in [0.29, 0.717) is 30.4 Å². The van der Waals surface area contributed by atoms with Gasteiger partial charge in [-0.2, -0.15) is 4.31 Å². The fourth-order valence-electron chi connectivity index (χ4n) is 3.07. The predicted octanol–water partition coefficient (Wildman–Crippen LogP) is 2.53. The zero-order chi connectivity index (χ0) is 19.7. The second-order valence-electron chi connectivity index (χ2n) is 6.20. The molecule has 1 aromatic carbocycles. The van der Waals surface area contributed by atoms with Crippen LogP contribution in [0, 0.1) is 11.6 Å². The van der Waals surface area contributed by atoms with E-state index in [1.165, 1.54) is 0 Å². The molecular formula is C18H16F2N4O3S. The lowest BCUT2D eigenvalue weighted by Crippen LogP contribution is -2.49. The van der Waals surface area contributed by atoms with Crippen LogP contribution in [-0.4, -0.2) is 49.1 Å². The maximum atomic E-state index is 13.9. The van der Waals surface area contributed by atoms with Gasteiger partial charge in [0.2, 0.25) is 10.0 Å². The summed E-state index contributed by atoms with van der Waals surface area (Å²) in [5.41, 5.74) is 0.588. The van der Waals surface area contributed by atoms with Crippen LogP contribution >= 0.6 is 0 Å². The zero-order valence-electron chi connectivity index (χ0n) is 14.6. The van der Waals surface area contributed by atoms with Crippen LogP contribution in [-0.2, 0) is 10.0 Å². The van der Waals surface area contributed by atoms with Gasteiger partial charge in [0.25, 0.3) is 0 Å². The summed E-state index contributed by atoms with van der Waals surface area (Å²) in [7, 11) is -4.26. The van der Waals surface area contributed by atoms with Gasteiger partial charge in [-0.05, 0) is 36.4 Å². The average Bonchev–Trinajstić information content (AvgIpc) is 3.23. The van der Waals surface area contributed by atoms with Crippen LogP contribution in [0.3, 0.4) is 0 Å². The van der Waals surface area contributed by atoms with Crippen LogP contribution in [0.15, 0.2) is 58.0 Å². The lowest BCUT2D eigenvalue weighted by molar-refractivity contribution is 0.377. The van der Waals surface area contributed by atoms with E-state index in [2.05, 4.69) is 10.2 Å². The van der Waals surface area contributed by atoms with E-state index in [4.69, 9.17) is 4.42 Å². The number of halogens is 2. The van der Waals surface area contributed by atoms with E-state index >= 15 is 0 Å². The van der Waals surface area contributed by atoms with Crippen molar-refractivity contribution >= 4 is 15.8 Å². The molecule has 0 atom stereocenters. The van der Waals surface area contributed by atoms with Crippen molar-refractivity contribution in [2.75, 3.05) is 31.1 Å². The van der Waals surface area contributed by atoms with Gasteiger partial charge in [0.15, 0.2) is 16.5 Å². The minimum atomic E-state index is -4.26. The molecule has 1 saturated heterocycles. The molecule has 3 aromatic rings. The average molecular weight is 406 g/mol. The smallest absolute Gasteiger partial charge is 0.249 e. The van der Waals surface area contributed by atoms with Crippen LogP contribution in [0.1, 0.15) is 0 Å². The Morgan fingerprint density at radius 2 is 1.61 bits per heavy atom. The fourth-order valence-corrected chi connectivity index (χ4v) is 4.60. The Labute approximate surface area is 160 Å². The SMILES string of the molecule is O=S(=O)(c1c(F)cccc1F)N1CCN(c2ccc(-c3ccco3)nn2)CC1. The minimum Gasteiger partial charge on any atom is -0.463 e. The first-order valence-corrected chi connectivity index (χ1v) is 9.97. The number of furan rings is 1. The summed E-state index contributed by atoms with van der Waals surface area (Å²) in [6.45, 7) is 0.809. The largest absolute Gasteiger partial charge is 0.463 e. The molecule has 28 heavy (non-hydrogen) atoms. The van der Waals surface area contributed by atoms with Gasteiger partial charge in [0, 0.05) is 26.2 Å². The highest BCUT2D eigenvalue weighted by atomic mass is 32.2. The molecule has 0 aliphatic carbocycles. The highest BCUT2D eigenvalue weighted by Crippen LogP contribution is 2.25. The van der Waals surface area contributed by atoms with E-state index < -0.39 is 26.6 Å². The number of benzene rings is 1. The molecule has 2 aromatic heterocycles. The molecule has 0 saturated carbocycles. The molecule has 1 fully saturated rings. The number of aromatic nitrogens is 2. The molecule has 3 heterocycles. The second-order valence-corrected chi connectivity index (χ2v) is 8.07. The number of hydrogen-bond donors (Lipinski definition) is 0. The van der Waals surface area contributed by atoms with Gasteiger partial charge in [-0.25, -0.2) is 17.2 Å². The van der Waals surface area contributed by atoms with E-state index in [-0.39, 0.29) is 13.1 Å². The molecule has 0 bridgehead atoms. The molecule has 0 amide bonds. The second kappa shape index (κ2) is 7.28. The first kappa shape index (κ1) is 18.5. The number of rotatable bonds is 4. The molecule has 0 unspecified atom stereocenters. The molecule has 0 N–H and O–H groups in total. The minimum absolute atomic E-state index is 0.0811. The van der Waals surface area contributed by atoms with Gasteiger partial charge in [-0.1, -0.05) is 6.07 Å². The summed E-state index contributed by atoms with van der Waals surface area (Å²) in [4.78, 5) is 0.953. The number of hydrogen-bond acceptors (Lipinski definition) is 6. The predicted molar refractivity (Wildman–Crippen MR) is 97.1 cm³/mol. The summed E-state index contributed by atoms with van der Waals surface area (Å²) in [6.07, 6.45) is 1.54. The van der Waals surface area contributed by atoms with Crippen molar-refractivity contribution in [2.24, 2.45) is 0 Å². The van der Waals surface area contributed by atoms with Gasteiger partial charge < -0.3 is 9.32 Å². The normalized spacial score (nSPS) is 15.7. The van der Waals surface area contributed by atoms with Crippen LogP contribution in [0.25, 0.3) is 11.5 Å². The summed E-state index contributed by atoms with van der Waals surface area (Å²) in [5, 5.41) is 8.28. The molecule has 7 nitrogen and oxygen atoms in total. The summed E-state index contributed by atoms with van der Waals surface area (Å²) >= 11 is 0. The van der Waals surface area contributed by atoms with Crippen LogP contribution in [0.2, 0.25) is 0 Å². The Morgan fingerprint density at radius 3 is 2.18 bits per heavy atom. The van der Waals surface area contributed by atoms with Crippen LogP contribution in [0.4, 0.5) is 14.6 Å². The lowest BCUT2D eigenvalue weighted by Gasteiger charge is -2.34. The first-order valence-electron chi connectivity index (χ1n) is 8.53. The molecule has 146 valence electrons. The maximum Gasteiger partial charge on any atom is 0.249 e. The molecule has 1 aliphatic heterocycles. The van der Waals surface area contributed by atoms with Crippen molar-refractivity contribution in [2.45, 2.75) is 4.90 Å². The van der Waals surface area contributed by atoms with Gasteiger partial charge >= 0.3 is 0 Å². The fraction of sp³-hybridized carbons (Fsp3) is 0.222. The first-order chi connectivity index (χ1) is 13.5. The molecule has 1 aliphatic rings. The van der Waals surface area contributed by atoms with Crippen molar-refractivity contribution in [1.29, 1.82) is 0 Å². The summed E-state index contributed by atoms with van der Waals surface area (Å²) in [5.74, 6) is -1.00. The standard InChI is InChI=1S/C18H16F2N4O3S/c19-13-3-1-4-14(20)18(13)28(25,26)24-10-8-23(9-11-24)17-7-6-15(21-22-17)16-5-2-12-27-16/h1-7,12H,8-11H2. The van der Waals surface area contributed by atoms with Crippen LogP contribution in [0.5, 0.6) is 0 Å². The topological polar surface area (TPSA) is 79.5 Å². The third-order valence-corrected chi connectivity index (χ3v) is 6.45. The lowest BCUT2D eigenvalue weighted by atomic mass is 10.3. The van der Waals surface area contributed by atoms with Crippen molar-refractivity contribution < 1.29 is 21.6 Å².